The maximum absolute atomic E-state index is 12.1. The van der Waals surface area contributed by atoms with E-state index in [9.17, 15) is 4.79 Å². The third-order valence-electron chi connectivity index (χ3n) is 3.32. The molecule has 1 heterocycles. The van der Waals surface area contributed by atoms with Crippen LogP contribution in [0.15, 0.2) is 6.20 Å². The predicted molar refractivity (Wildman–Crippen MR) is 60.9 cm³/mol. The SMILES string of the molecule is Cn1cc(CC(=O)C2CCCCCC2)nn1. The first-order chi connectivity index (χ1) is 7.75. The lowest BCUT2D eigenvalue weighted by molar-refractivity contribution is -0.122. The summed E-state index contributed by atoms with van der Waals surface area (Å²) in [6.07, 6.45) is 9.41. The van der Waals surface area contributed by atoms with Gasteiger partial charge >= 0.3 is 0 Å². The Bertz CT molecular complexity index is 351. The van der Waals surface area contributed by atoms with Gasteiger partial charge in [-0.3, -0.25) is 9.48 Å². The number of hydrogen-bond acceptors (Lipinski definition) is 3. The molecule has 1 fully saturated rings. The average Bonchev–Trinajstić information content (AvgIpc) is 2.56. The van der Waals surface area contributed by atoms with E-state index in [4.69, 9.17) is 0 Å². The highest BCUT2D eigenvalue weighted by molar-refractivity contribution is 5.82. The van der Waals surface area contributed by atoms with Crippen molar-refractivity contribution in [1.82, 2.24) is 15.0 Å². The second-order valence-corrected chi connectivity index (χ2v) is 4.72. The van der Waals surface area contributed by atoms with E-state index < -0.39 is 0 Å². The molecule has 4 nitrogen and oxygen atoms in total. The molecule has 0 aromatic carbocycles. The van der Waals surface area contributed by atoms with Gasteiger partial charge in [-0.1, -0.05) is 30.9 Å². The van der Waals surface area contributed by atoms with Gasteiger partial charge in [-0.05, 0) is 12.8 Å². The summed E-state index contributed by atoms with van der Waals surface area (Å²) in [5.74, 6) is 0.618. The number of nitrogens with zero attached hydrogens (tertiary/aromatic N) is 3. The molecule has 0 bridgehead atoms. The van der Waals surface area contributed by atoms with Crippen LogP contribution in [-0.4, -0.2) is 20.8 Å². The smallest absolute Gasteiger partial charge is 0.142 e. The van der Waals surface area contributed by atoms with Crippen LogP contribution in [0, 0.1) is 5.92 Å². The molecule has 1 aliphatic rings. The molecule has 2 rings (SSSR count). The maximum atomic E-state index is 12.1. The van der Waals surface area contributed by atoms with Gasteiger partial charge in [-0.25, -0.2) is 0 Å². The first kappa shape index (κ1) is 11.3. The minimum Gasteiger partial charge on any atom is -0.299 e. The summed E-state index contributed by atoms with van der Waals surface area (Å²) < 4.78 is 1.65. The molecular formula is C12H19N3O. The van der Waals surface area contributed by atoms with E-state index in [0.717, 1.165) is 18.5 Å². The summed E-state index contributed by atoms with van der Waals surface area (Å²) in [6, 6.07) is 0. The van der Waals surface area contributed by atoms with Gasteiger partial charge < -0.3 is 0 Å². The molecule has 1 aliphatic carbocycles. The van der Waals surface area contributed by atoms with Gasteiger partial charge in [0.1, 0.15) is 5.78 Å². The normalized spacial score (nSPS) is 18.3. The second kappa shape index (κ2) is 5.23. The van der Waals surface area contributed by atoms with E-state index in [0.29, 0.717) is 12.2 Å². The molecule has 0 saturated heterocycles. The van der Waals surface area contributed by atoms with E-state index in [1.54, 1.807) is 4.68 Å². The van der Waals surface area contributed by atoms with Gasteiger partial charge in [0.05, 0.1) is 12.1 Å². The molecular weight excluding hydrogens is 202 g/mol. The average molecular weight is 221 g/mol. The number of carbonyl (C=O) groups excluding carboxylic acids is 1. The van der Waals surface area contributed by atoms with Gasteiger partial charge in [0, 0.05) is 19.2 Å². The Morgan fingerprint density at radius 3 is 2.62 bits per heavy atom. The van der Waals surface area contributed by atoms with Crippen LogP contribution < -0.4 is 0 Å². The number of aromatic nitrogens is 3. The quantitative estimate of drug-likeness (QED) is 0.732. The summed E-state index contributed by atoms with van der Waals surface area (Å²) in [7, 11) is 1.83. The first-order valence-corrected chi connectivity index (χ1v) is 6.13. The Hall–Kier alpha value is -1.19. The van der Waals surface area contributed by atoms with Gasteiger partial charge in [0.2, 0.25) is 0 Å². The Balaban J connectivity index is 1.91. The topological polar surface area (TPSA) is 47.8 Å². The number of carbonyl (C=O) groups is 1. The van der Waals surface area contributed by atoms with E-state index in [1.165, 1.54) is 25.7 Å². The van der Waals surface area contributed by atoms with E-state index in [2.05, 4.69) is 10.3 Å². The molecule has 0 atom stereocenters. The molecule has 0 unspecified atom stereocenters. The van der Waals surface area contributed by atoms with Gasteiger partial charge in [-0.2, -0.15) is 0 Å². The molecule has 0 spiro atoms. The highest BCUT2D eigenvalue weighted by Crippen LogP contribution is 2.24. The summed E-state index contributed by atoms with van der Waals surface area (Å²) in [5, 5.41) is 7.81. The number of hydrogen-bond donors (Lipinski definition) is 0. The largest absolute Gasteiger partial charge is 0.299 e. The standard InChI is InChI=1S/C12H19N3O/c1-15-9-11(13-14-15)8-12(16)10-6-4-2-3-5-7-10/h9-10H,2-8H2,1H3. The van der Waals surface area contributed by atoms with E-state index in [1.807, 2.05) is 13.2 Å². The molecule has 4 heteroatoms. The van der Waals surface area contributed by atoms with Crippen molar-refractivity contribution in [3.8, 4) is 0 Å². The summed E-state index contributed by atoms with van der Waals surface area (Å²) in [4.78, 5) is 12.1. The predicted octanol–water partition coefficient (Wildman–Crippen LogP) is 1.90. The lowest BCUT2D eigenvalue weighted by Gasteiger charge is -2.10. The van der Waals surface area contributed by atoms with Crippen molar-refractivity contribution < 1.29 is 4.79 Å². The molecule has 0 amide bonds. The molecule has 0 aliphatic heterocycles. The van der Waals surface area contributed by atoms with Crippen molar-refractivity contribution in [2.45, 2.75) is 44.9 Å². The fourth-order valence-electron chi connectivity index (χ4n) is 2.40. The van der Waals surface area contributed by atoms with E-state index >= 15 is 0 Å². The number of ketones is 1. The summed E-state index contributed by atoms with van der Waals surface area (Å²) in [6.45, 7) is 0. The maximum Gasteiger partial charge on any atom is 0.142 e. The monoisotopic (exact) mass is 221 g/mol. The zero-order valence-electron chi connectivity index (χ0n) is 9.85. The van der Waals surface area contributed by atoms with Crippen molar-refractivity contribution in [1.29, 1.82) is 0 Å². The van der Waals surface area contributed by atoms with Crippen LogP contribution in [0.3, 0.4) is 0 Å². The van der Waals surface area contributed by atoms with Crippen LogP contribution >= 0.6 is 0 Å². The van der Waals surface area contributed by atoms with Crippen LogP contribution in [0.4, 0.5) is 0 Å². The fraction of sp³-hybridized carbons (Fsp3) is 0.750. The third kappa shape index (κ3) is 2.90. The van der Waals surface area contributed by atoms with Crippen LogP contribution in [0.1, 0.15) is 44.2 Å². The molecule has 16 heavy (non-hydrogen) atoms. The Labute approximate surface area is 96.0 Å². The third-order valence-corrected chi connectivity index (χ3v) is 3.32. The van der Waals surface area contributed by atoms with Gasteiger partial charge in [0.25, 0.3) is 0 Å². The van der Waals surface area contributed by atoms with E-state index in [-0.39, 0.29) is 5.92 Å². The molecule has 1 aromatic heterocycles. The zero-order valence-corrected chi connectivity index (χ0v) is 9.85. The lowest BCUT2D eigenvalue weighted by Crippen LogP contribution is -2.16. The first-order valence-electron chi connectivity index (χ1n) is 6.13. The zero-order chi connectivity index (χ0) is 11.4. The van der Waals surface area contributed by atoms with Crippen LogP contribution in [-0.2, 0) is 18.3 Å². The highest BCUT2D eigenvalue weighted by atomic mass is 16.1. The van der Waals surface area contributed by atoms with Crippen molar-refractivity contribution in [2.75, 3.05) is 0 Å². The van der Waals surface area contributed by atoms with Crippen molar-refractivity contribution in [3.05, 3.63) is 11.9 Å². The number of rotatable bonds is 3. The Kier molecular flexibility index (Phi) is 3.70. The molecule has 0 N–H and O–H groups in total. The summed E-state index contributed by atoms with van der Waals surface area (Å²) in [5.41, 5.74) is 0.803. The molecule has 88 valence electrons. The minimum absolute atomic E-state index is 0.268. The molecule has 1 aromatic rings. The lowest BCUT2D eigenvalue weighted by atomic mass is 9.93. The Morgan fingerprint density at radius 2 is 2.06 bits per heavy atom. The van der Waals surface area contributed by atoms with Gasteiger partial charge in [-0.15, -0.1) is 5.10 Å². The molecule has 1 saturated carbocycles. The van der Waals surface area contributed by atoms with Crippen LogP contribution in [0.2, 0.25) is 0 Å². The van der Waals surface area contributed by atoms with Crippen LogP contribution in [0.25, 0.3) is 0 Å². The molecule has 0 radical (unpaired) electrons. The van der Waals surface area contributed by atoms with Crippen molar-refractivity contribution in [3.63, 3.8) is 0 Å². The van der Waals surface area contributed by atoms with Crippen molar-refractivity contribution in [2.24, 2.45) is 13.0 Å². The van der Waals surface area contributed by atoms with Gasteiger partial charge in [0.15, 0.2) is 0 Å². The Morgan fingerprint density at radius 1 is 1.38 bits per heavy atom. The second-order valence-electron chi connectivity index (χ2n) is 4.72. The highest BCUT2D eigenvalue weighted by Gasteiger charge is 2.20. The fourth-order valence-corrected chi connectivity index (χ4v) is 2.40. The number of aryl methyl sites for hydroxylation is 1. The van der Waals surface area contributed by atoms with Crippen LogP contribution in [0.5, 0.6) is 0 Å². The van der Waals surface area contributed by atoms with Crippen molar-refractivity contribution >= 4 is 5.78 Å². The number of Topliss-reactive ketones (excluding diaryl/α,β-unsaturated/α-hetero) is 1. The minimum atomic E-state index is 0.268. The summed E-state index contributed by atoms with van der Waals surface area (Å²) >= 11 is 0.